The molecule has 0 aromatic carbocycles. The molecule has 0 radical (unpaired) electrons. The lowest BCUT2D eigenvalue weighted by Gasteiger charge is -2.23. The Labute approximate surface area is 144 Å². The van der Waals surface area contributed by atoms with Crippen molar-refractivity contribution in [1.82, 2.24) is 35.6 Å². The number of nitrogens with one attached hydrogen (secondary N) is 3. The van der Waals surface area contributed by atoms with Gasteiger partial charge in [-0.25, -0.2) is 14.5 Å². The molecule has 3 heterocycles. The summed E-state index contributed by atoms with van der Waals surface area (Å²) in [6.07, 6.45) is 9.74. The molecule has 1 aliphatic carbocycles. The number of nitrogens with zero attached hydrogens (tertiary/aromatic N) is 4. The van der Waals surface area contributed by atoms with E-state index in [1.165, 1.54) is 11.3 Å². The van der Waals surface area contributed by atoms with E-state index in [0.717, 1.165) is 30.6 Å². The van der Waals surface area contributed by atoms with Crippen LogP contribution in [0.5, 0.6) is 0 Å². The number of hydrogen-bond donors (Lipinski definition) is 3. The molecule has 3 N–H and O–H groups in total. The molecule has 0 spiro atoms. The Hall–Kier alpha value is -3.16. The zero-order valence-corrected chi connectivity index (χ0v) is 13.6. The fourth-order valence-electron chi connectivity index (χ4n) is 3.06. The number of pyridine rings is 1. The lowest BCUT2D eigenvalue weighted by atomic mass is 9.94. The minimum Gasteiger partial charge on any atom is -0.335 e. The molecule has 0 fully saturated rings. The van der Waals surface area contributed by atoms with E-state index >= 15 is 0 Å². The molecule has 0 saturated heterocycles. The van der Waals surface area contributed by atoms with Gasteiger partial charge in [-0.05, 0) is 48.6 Å². The maximum Gasteiger partial charge on any atom is 0.315 e. The lowest BCUT2D eigenvalue weighted by molar-refractivity contribution is 0.235. The summed E-state index contributed by atoms with van der Waals surface area (Å²) in [6, 6.07) is 5.61. The number of carbonyl (C=O) groups is 1. The average Bonchev–Trinajstić information content (AvgIpc) is 3.31. The van der Waals surface area contributed by atoms with E-state index in [4.69, 9.17) is 0 Å². The van der Waals surface area contributed by atoms with Crippen LogP contribution in [0.2, 0.25) is 0 Å². The predicted octanol–water partition coefficient (Wildman–Crippen LogP) is 1.35. The van der Waals surface area contributed by atoms with Crippen LogP contribution >= 0.6 is 0 Å². The first kappa shape index (κ1) is 15.4. The van der Waals surface area contributed by atoms with Gasteiger partial charge in [0.2, 0.25) is 0 Å². The van der Waals surface area contributed by atoms with E-state index in [1.807, 2.05) is 30.6 Å². The van der Waals surface area contributed by atoms with Crippen LogP contribution in [0.15, 0.2) is 43.0 Å². The molecule has 128 valence electrons. The molecule has 0 bridgehead atoms. The highest BCUT2D eigenvalue weighted by atomic mass is 16.2. The number of amides is 2. The Morgan fingerprint density at radius 3 is 3.24 bits per heavy atom. The molecule has 25 heavy (non-hydrogen) atoms. The monoisotopic (exact) mass is 337 g/mol. The largest absolute Gasteiger partial charge is 0.335 e. The summed E-state index contributed by atoms with van der Waals surface area (Å²) in [5, 5.41) is 17.2. The van der Waals surface area contributed by atoms with E-state index in [-0.39, 0.29) is 12.1 Å². The summed E-state index contributed by atoms with van der Waals surface area (Å²) in [7, 11) is 0. The summed E-state index contributed by atoms with van der Waals surface area (Å²) in [5.41, 5.74) is 3.34. The molecule has 1 aliphatic rings. The summed E-state index contributed by atoms with van der Waals surface area (Å²) >= 11 is 0. The topological polar surface area (TPSA) is 101 Å². The van der Waals surface area contributed by atoms with Gasteiger partial charge in [-0.3, -0.25) is 5.10 Å². The van der Waals surface area contributed by atoms with Crippen LogP contribution in [0.3, 0.4) is 0 Å². The number of rotatable bonds is 4. The van der Waals surface area contributed by atoms with E-state index in [2.05, 4.69) is 30.9 Å². The molecule has 8 heteroatoms. The van der Waals surface area contributed by atoms with Crippen molar-refractivity contribution < 1.29 is 4.79 Å². The summed E-state index contributed by atoms with van der Waals surface area (Å²) in [5.74, 6) is 0.726. The van der Waals surface area contributed by atoms with Gasteiger partial charge in [-0.1, -0.05) is 0 Å². The SMILES string of the molecule is O=C(NCc1ccnc(-n2cccn2)c1)N[C@H]1CCc2[nH]ncc2C1. The molecule has 0 aliphatic heterocycles. The van der Waals surface area contributed by atoms with Crippen LogP contribution in [-0.2, 0) is 19.4 Å². The maximum absolute atomic E-state index is 12.2. The number of aryl methyl sites for hydroxylation is 1. The van der Waals surface area contributed by atoms with E-state index in [0.29, 0.717) is 6.54 Å². The van der Waals surface area contributed by atoms with Gasteiger partial charge in [0.15, 0.2) is 5.82 Å². The van der Waals surface area contributed by atoms with Crippen LogP contribution in [0.1, 0.15) is 23.2 Å². The highest BCUT2D eigenvalue weighted by molar-refractivity contribution is 5.74. The molecule has 0 saturated carbocycles. The quantitative estimate of drug-likeness (QED) is 0.669. The second-order valence-corrected chi connectivity index (χ2v) is 6.11. The highest BCUT2D eigenvalue weighted by Crippen LogP contribution is 2.18. The Morgan fingerprint density at radius 2 is 2.36 bits per heavy atom. The van der Waals surface area contributed by atoms with Crippen molar-refractivity contribution in [1.29, 1.82) is 0 Å². The van der Waals surface area contributed by atoms with E-state index in [9.17, 15) is 4.79 Å². The van der Waals surface area contributed by atoms with Gasteiger partial charge in [0, 0.05) is 36.9 Å². The van der Waals surface area contributed by atoms with Crippen molar-refractivity contribution in [3.05, 3.63) is 59.8 Å². The van der Waals surface area contributed by atoms with Crippen LogP contribution in [0.25, 0.3) is 5.82 Å². The molecule has 3 aromatic heterocycles. The first-order chi connectivity index (χ1) is 12.3. The second kappa shape index (κ2) is 6.76. The summed E-state index contributed by atoms with van der Waals surface area (Å²) in [6.45, 7) is 0.437. The molecule has 0 unspecified atom stereocenters. The number of hydrogen-bond acceptors (Lipinski definition) is 4. The normalized spacial score (nSPS) is 16.2. The van der Waals surface area contributed by atoms with Gasteiger partial charge in [-0.15, -0.1) is 0 Å². The van der Waals surface area contributed by atoms with Crippen molar-refractivity contribution in [3.8, 4) is 5.82 Å². The van der Waals surface area contributed by atoms with Crippen LogP contribution in [0, 0.1) is 0 Å². The summed E-state index contributed by atoms with van der Waals surface area (Å²) < 4.78 is 1.69. The second-order valence-electron chi connectivity index (χ2n) is 6.11. The molecule has 2 amide bonds. The van der Waals surface area contributed by atoms with Gasteiger partial charge in [0.25, 0.3) is 0 Å². The Morgan fingerprint density at radius 1 is 1.40 bits per heavy atom. The summed E-state index contributed by atoms with van der Waals surface area (Å²) in [4.78, 5) is 16.5. The third-order valence-corrected chi connectivity index (χ3v) is 4.35. The van der Waals surface area contributed by atoms with Crippen molar-refractivity contribution in [3.63, 3.8) is 0 Å². The Bertz CT molecular complexity index is 856. The Kier molecular flexibility index (Phi) is 4.16. The predicted molar refractivity (Wildman–Crippen MR) is 91.1 cm³/mol. The highest BCUT2D eigenvalue weighted by Gasteiger charge is 2.21. The minimum atomic E-state index is -0.158. The molecule has 4 rings (SSSR count). The minimum absolute atomic E-state index is 0.141. The fraction of sp³-hybridized carbons (Fsp3) is 0.294. The van der Waals surface area contributed by atoms with Crippen molar-refractivity contribution >= 4 is 6.03 Å². The van der Waals surface area contributed by atoms with Gasteiger partial charge >= 0.3 is 6.03 Å². The smallest absolute Gasteiger partial charge is 0.315 e. The van der Waals surface area contributed by atoms with Crippen LogP contribution in [-0.4, -0.2) is 37.0 Å². The van der Waals surface area contributed by atoms with Crippen molar-refractivity contribution in [2.24, 2.45) is 0 Å². The fourth-order valence-corrected chi connectivity index (χ4v) is 3.06. The number of carbonyl (C=O) groups excluding carboxylic acids is 1. The molecular weight excluding hydrogens is 318 g/mol. The van der Waals surface area contributed by atoms with Gasteiger partial charge < -0.3 is 10.6 Å². The van der Waals surface area contributed by atoms with Crippen molar-refractivity contribution in [2.75, 3.05) is 0 Å². The zero-order valence-electron chi connectivity index (χ0n) is 13.6. The van der Waals surface area contributed by atoms with Crippen molar-refractivity contribution in [2.45, 2.75) is 31.8 Å². The van der Waals surface area contributed by atoms with Crippen LogP contribution in [0.4, 0.5) is 4.79 Å². The average molecular weight is 337 g/mol. The van der Waals surface area contributed by atoms with Gasteiger partial charge in [-0.2, -0.15) is 10.2 Å². The Balaban J connectivity index is 1.31. The van der Waals surface area contributed by atoms with E-state index in [1.54, 1.807) is 17.1 Å². The first-order valence-electron chi connectivity index (χ1n) is 8.28. The number of H-pyrrole nitrogens is 1. The molecule has 8 nitrogen and oxygen atoms in total. The molecule has 1 atom stereocenters. The third kappa shape index (κ3) is 3.52. The lowest BCUT2D eigenvalue weighted by Crippen LogP contribution is -2.44. The standard InChI is InChI=1S/C17H19N7O/c25-17(22-14-2-3-15-13(9-14)11-20-23-15)19-10-12-4-6-18-16(8-12)24-7-1-5-21-24/h1,4-8,11,14H,2-3,9-10H2,(H,20,23)(H2,19,22,25)/t14-/m0/s1. The van der Waals surface area contributed by atoms with Crippen LogP contribution < -0.4 is 10.6 Å². The van der Waals surface area contributed by atoms with Gasteiger partial charge in [0.1, 0.15) is 0 Å². The number of aromatic nitrogens is 5. The third-order valence-electron chi connectivity index (χ3n) is 4.35. The number of aromatic amines is 1. The molecular formula is C17H19N7O. The number of fused-ring (bicyclic) bond motifs is 1. The first-order valence-corrected chi connectivity index (χ1v) is 8.28. The number of urea groups is 1. The molecule has 3 aromatic rings. The van der Waals surface area contributed by atoms with Gasteiger partial charge in [0.05, 0.1) is 6.20 Å². The maximum atomic E-state index is 12.2. The zero-order chi connectivity index (χ0) is 17.1. The van der Waals surface area contributed by atoms with E-state index < -0.39 is 0 Å².